The third-order valence-corrected chi connectivity index (χ3v) is 4.58. The summed E-state index contributed by atoms with van der Waals surface area (Å²) in [6.45, 7) is 7.05. The SMILES string of the molecule is CC(C)CN(Cc1ccccc1)Cc1csc(NC(=O)c2ccco2)n1. The van der Waals surface area contributed by atoms with E-state index in [2.05, 4.69) is 53.3 Å². The molecule has 0 saturated heterocycles. The monoisotopic (exact) mass is 369 g/mol. The minimum Gasteiger partial charge on any atom is -0.459 e. The molecule has 1 N–H and O–H groups in total. The average Bonchev–Trinajstić information content (AvgIpc) is 3.27. The maximum absolute atomic E-state index is 12.0. The number of carbonyl (C=O) groups excluding carboxylic acids is 1. The molecule has 0 radical (unpaired) electrons. The van der Waals surface area contributed by atoms with E-state index in [0.29, 0.717) is 11.0 Å². The third-order valence-electron chi connectivity index (χ3n) is 3.78. The second-order valence-corrected chi connectivity index (χ2v) is 7.48. The molecule has 0 aliphatic rings. The Bertz CT molecular complexity index is 813. The van der Waals surface area contributed by atoms with Crippen LogP contribution in [0, 0.1) is 5.92 Å². The Morgan fingerprint density at radius 2 is 2.00 bits per heavy atom. The summed E-state index contributed by atoms with van der Waals surface area (Å²) in [7, 11) is 0. The number of rotatable bonds is 8. The van der Waals surface area contributed by atoms with Crippen LogP contribution >= 0.6 is 11.3 Å². The van der Waals surface area contributed by atoms with Crippen molar-refractivity contribution in [3.05, 3.63) is 71.1 Å². The molecular formula is C20H23N3O2S. The molecule has 1 aromatic carbocycles. The van der Waals surface area contributed by atoms with E-state index in [1.165, 1.54) is 23.2 Å². The van der Waals surface area contributed by atoms with Crippen LogP contribution in [0.4, 0.5) is 5.13 Å². The van der Waals surface area contributed by atoms with E-state index in [0.717, 1.165) is 25.3 Å². The fourth-order valence-electron chi connectivity index (χ4n) is 2.78. The van der Waals surface area contributed by atoms with Crippen molar-refractivity contribution in [2.24, 2.45) is 5.92 Å². The van der Waals surface area contributed by atoms with Crippen LogP contribution in [0.25, 0.3) is 0 Å². The predicted molar refractivity (Wildman–Crippen MR) is 104 cm³/mol. The normalized spacial score (nSPS) is 11.2. The van der Waals surface area contributed by atoms with Crippen LogP contribution in [0.1, 0.15) is 35.7 Å². The number of nitrogens with zero attached hydrogens (tertiary/aromatic N) is 2. The molecular weight excluding hydrogens is 346 g/mol. The van der Waals surface area contributed by atoms with Gasteiger partial charge in [0.2, 0.25) is 0 Å². The van der Waals surface area contributed by atoms with Gasteiger partial charge in [0.25, 0.3) is 5.91 Å². The van der Waals surface area contributed by atoms with Gasteiger partial charge in [0.1, 0.15) is 0 Å². The Morgan fingerprint density at radius 3 is 2.69 bits per heavy atom. The van der Waals surface area contributed by atoms with E-state index in [4.69, 9.17) is 4.42 Å². The number of anilines is 1. The number of benzene rings is 1. The molecule has 5 nitrogen and oxygen atoms in total. The second kappa shape index (κ2) is 8.78. The molecule has 0 atom stereocenters. The fraction of sp³-hybridized carbons (Fsp3) is 0.300. The summed E-state index contributed by atoms with van der Waals surface area (Å²) >= 11 is 1.43. The molecule has 0 aliphatic carbocycles. The van der Waals surface area contributed by atoms with Crippen LogP contribution in [0.2, 0.25) is 0 Å². The van der Waals surface area contributed by atoms with Gasteiger partial charge in [0.15, 0.2) is 10.9 Å². The summed E-state index contributed by atoms with van der Waals surface area (Å²) in [4.78, 5) is 19.0. The summed E-state index contributed by atoms with van der Waals surface area (Å²) in [5.74, 6) is 0.571. The Balaban J connectivity index is 1.63. The zero-order chi connectivity index (χ0) is 18.4. The number of hydrogen-bond acceptors (Lipinski definition) is 5. The lowest BCUT2D eigenvalue weighted by Crippen LogP contribution is -2.27. The number of nitrogens with one attached hydrogen (secondary N) is 1. The minimum atomic E-state index is -0.278. The maximum Gasteiger partial charge on any atom is 0.293 e. The van der Waals surface area contributed by atoms with Gasteiger partial charge >= 0.3 is 0 Å². The number of amides is 1. The molecule has 0 fully saturated rings. The van der Waals surface area contributed by atoms with E-state index in [1.54, 1.807) is 12.1 Å². The molecule has 2 aromatic heterocycles. The molecule has 0 saturated carbocycles. The Hall–Kier alpha value is -2.44. The molecule has 0 bridgehead atoms. The molecule has 3 rings (SSSR count). The minimum absolute atomic E-state index is 0.278. The quantitative estimate of drug-likeness (QED) is 0.628. The van der Waals surface area contributed by atoms with E-state index in [1.807, 2.05) is 11.4 Å². The molecule has 0 spiro atoms. The highest BCUT2D eigenvalue weighted by Crippen LogP contribution is 2.19. The zero-order valence-corrected chi connectivity index (χ0v) is 15.8. The number of hydrogen-bond donors (Lipinski definition) is 1. The van der Waals surface area contributed by atoms with Crippen molar-refractivity contribution in [1.82, 2.24) is 9.88 Å². The summed E-state index contributed by atoms with van der Waals surface area (Å²) in [5, 5.41) is 5.37. The van der Waals surface area contributed by atoms with Gasteiger partial charge in [-0.05, 0) is 23.6 Å². The van der Waals surface area contributed by atoms with E-state index in [-0.39, 0.29) is 11.7 Å². The van der Waals surface area contributed by atoms with Crippen LogP contribution in [-0.4, -0.2) is 22.3 Å². The molecule has 0 unspecified atom stereocenters. The zero-order valence-electron chi connectivity index (χ0n) is 15.0. The Morgan fingerprint density at radius 1 is 1.19 bits per heavy atom. The molecule has 0 aliphatic heterocycles. The maximum atomic E-state index is 12.0. The van der Waals surface area contributed by atoms with Crippen molar-refractivity contribution in [3.63, 3.8) is 0 Å². The standard InChI is InChI=1S/C20H23N3O2S/c1-15(2)11-23(12-16-7-4-3-5-8-16)13-17-14-26-20(21-17)22-19(24)18-9-6-10-25-18/h3-10,14-15H,11-13H2,1-2H3,(H,21,22,24). The second-order valence-electron chi connectivity index (χ2n) is 6.62. The van der Waals surface area contributed by atoms with Crippen LogP contribution in [0.3, 0.4) is 0 Å². The highest BCUT2D eigenvalue weighted by Gasteiger charge is 2.14. The van der Waals surface area contributed by atoms with Crippen LogP contribution in [0.15, 0.2) is 58.5 Å². The number of thiazole rings is 1. The number of carbonyl (C=O) groups is 1. The third kappa shape index (κ3) is 5.28. The first-order valence-corrected chi connectivity index (χ1v) is 9.53. The first-order valence-electron chi connectivity index (χ1n) is 8.65. The first-order chi connectivity index (χ1) is 12.6. The molecule has 2 heterocycles. The summed E-state index contributed by atoms with van der Waals surface area (Å²) in [6, 6.07) is 13.8. The molecule has 1 amide bonds. The lowest BCUT2D eigenvalue weighted by atomic mass is 10.1. The Kier molecular flexibility index (Phi) is 6.20. The van der Waals surface area contributed by atoms with Crippen molar-refractivity contribution < 1.29 is 9.21 Å². The largest absolute Gasteiger partial charge is 0.459 e. The van der Waals surface area contributed by atoms with E-state index >= 15 is 0 Å². The van der Waals surface area contributed by atoms with Crippen molar-refractivity contribution in [2.75, 3.05) is 11.9 Å². The van der Waals surface area contributed by atoms with E-state index in [9.17, 15) is 4.79 Å². The van der Waals surface area contributed by atoms with Crippen LogP contribution in [0.5, 0.6) is 0 Å². The van der Waals surface area contributed by atoms with E-state index < -0.39 is 0 Å². The topological polar surface area (TPSA) is 58.4 Å². The smallest absolute Gasteiger partial charge is 0.293 e. The van der Waals surface area contributed by atoms with Gasteiger partial charge < -0.3 is 4.42 Å². The van der Waals surface area contributed by atoms with Gasteiger partial charge in [-0.2, -0.15) is 0 Å². The predicted octanol–water partition coefficient (Wildman–Crippen LogP) is 4.65. The van der Waals surface area contributed by atoms with Gasteiger partial charge in [-0.25, -0.2) is 4.98 Å². The van der Waals surface area contributed by atoms with Crippen molar-refractivity contribution >= 4 is 22.4 Å². The fourth-order valence-corrected chi connectivity index (χ4v) is 3.47. The highest BCUT2D eigenvalue weighted by atomic mass is 32.1. The lowest BCUT2D eigenvalue weighted by Gasteiger charge is -2.23. The summed E-state index contributed by atoms with van der Waals surface area (Å²) in [6.07, 6.45) is 1.48. The Labute approximate surface area is 157 Å². The van der Waals surface area contributed by atoms with Gasteiger partial charge in [-0.1, -0.05) is 44.2 Å². The number of furan rings is 1. The van der Waals surface area contributed by atoms with Gasteiger partial charge in [0, 0.05) is 25.0 Å². The average molecular weight is 369 g/mol. The first kappa shape index (κ1) is 18.4. The summed E-state index contributed by atoms with van der Waals surface area (Å²) in [5.41, 5.74) is 2.25. The lowest BCUT2D eigenvalue weighted by molar-refractivity contribution is 0.0996. The molecule has 26 heavy (non-hydrogen) atoms. The van der Waals surface area contributed by atoms with Crippen molar-refractivity contribution in [3.8, 4) is 0 Å². The summed E-state index contributed by atoms with van der Waals surface area (Å²) < 4.78 is 5.11. The van der Waals surface area contributed by atoms with Crippen LogP contribution in [-0.2, 0) is 13.1 Å². The molecule has 6 heteroatoms. The van der Waals surface area contributed by atoms with Crippen molar-refractivity contribution in [1.29, 1.82) is 0 Å². The van der Waals surface area contributed by atoms with Gasteiger partial charge in [-0.15, -0.1) is 11.3 Å². The van der Waals surface area contributed by atoms with Crippen LogP contribution < -0.4 is 5.32 Å². The number of aromatic nitrogens is 1. The van der Waals surface area contributed by atoms with Gasteiger partial charge in [-0.3, -0.25) is 15.0 Å². The molecule has 3 aromatic rings. The van der Waals surface area contributed by atoms with Gasteiger partial charge in [0.05, 0.1) is 12.0 Å². The highest BCUT2D eigenvalue weighted by molar-refractivity contribution is 7.13. The van der Waals surface area contributed by atoms with Crippen molar-refractivity contribution in [2.45, 2.75) is 26.9 Å². The molecule has 136 valence electrons.